The largest absolute Gasteiger partial charge is 0.506 e. The Hall–Kier alpha value is -3.22. The molecule has 0 spiro atoms. The van der Waals surface area contributed by atoms with Crippen LogP contribution in [0.5, 0.6) is 5.75 Å². The molecule has 1 aliphatic rings. The summed E-state index contributed by atoms with van der Waals surface area (Å²) in [6.45, 7) is 3.86. The Morgan fingerprint density at radius 2 is 1.58 bits per heavy atom. The zero-order chi connectivity index (χ0) is 18.5. The molecule has 0 saturated carbocycles. The number of phenolic OH excluding ortho intramolecular Hbond substituents is 1. The van der Waals surface area contributed by atoms with Crippen LogP contribution >= 0.6 is 0 Å². The fourth-order valence-corrected chi connectivity index (χ4v) is 2.96. The molecule has 0 radical (unpaired) electrons. The smallest absolute Gasteiger partial charge is 0.321 e. The van der Waals surface area contributed by atoms with Crippen LogP contribution in [0.15, 0.2) is 48.5 Å². The Bertz CT molecular complexity index is 801. The summed E-state index contributed by atoms with van der Waals surface area (Å²) in [6.07, 6.45) is 0. The molecular weight excluding hydrogens is 332 g/mol. The van der Waals surface area contributed by atoms with Crippen molar-refractivity contribution >= 4 is 29.0 Å². The van der Waals surface area contributed by atoms with Crippen LogP contribution in [0, 0.1) is 0 Å². The highest BCUT2D eigenvalue weighted by molar-refractivity contribution is 5.92. The van der Waals surface area contributed by atoms with Crippen LogP contribution in [0.4, 0.5) is 21.9 Å². The molecule has 0 aromatic heterocycles. The summed E-state index contributed by atoms with van der Waals surface area (Å²) in [4.78, 5) is 27.4. The number of rotatable bonds is 3. The van der Waals surface area contributed by atoms with Gasteiger partial charge in [-0.15, -0.1) is 0 Å². The molecule has 1 heterocycles. The van der Waals surface area contributed by atoms with Crippen LogP contribution in [-0.4, -0.2) is 48.1 Å². The highest BCUT2D eigenvalue weighted by Crippen LogP contribution is 2.27. The van der Waals surface area contributed by atoms with E-state index < -0.39 is 0 Å². The molecule has 1 saturated heterocycles. The number of amides is 3. The highest BCUT2D eigenvalue weighted by atomic mass is 16.3. The Morgan fingerprint density at radius 3 is 2.23 bits per heavy atom. The number of hydrogen-bond acceptors (Lipinski definition) is 4. The standard InChI is InChI=1S/C19H22N4O3/c1-14(24)20-15-5-4-6-16(13-15)21-19(26)23-11-9-22(10-12-23)17-7-2-3-8-18(17)25/h2-8,13,25H,9-12H2,1H3,(H,20,24)(H,21,26). The van der Waals surface area contributed by atoms with Crippen molar-refractivity contribution in [3.63, 3.8) is 0 Å². The molecule has 0 bridgehead atoms. The van der Waals surface area contributed by atoms with Crippen molar-refractivity contribution in [2.45, 2.75) is 6.92 Å². The van der Waals surface area contributed by atoms with Crippen molar-refractivity contribution in [1.82, 2.24) is 4.90 Å². The molecule has 3 N–H and O–H groups in total. The van der Waals surface area contributed by atoms with Gasteiger partial charge in [-0.05, 0) is 30.3 Å². The minimum absolute atomic E-state index is 0.159. The van der Waals surface area contributed by atoms with Gasteiger partial charge >= 0.3 is 6.03 Å². The quantitative estimate of drug-likeness (QED) is 0.791. The fraction of sp³-hybridized carbons (Fsp3) is 0.263. The Labute approximate surface area is 152 Å². The van der Waals surface area contributed by atoms with Crippen molar-refractivity contribution in [2.75, 3.05) is 41.7 Å². The first kappa shape index (κ1) is 17.6. The van der Waals surface area contributed by atoms with E-state index in [1.165, 1.54) is 6.92 Å². The minimum atomic E-state index is -0.179. The summed E-state index contributed by atoms with van der Waals surface area (Å²) in [7, 11) is 0. The summed E-state index contributed by atoms with van der Waals surface area (Å²) >= 11 is 0. The number of benzene rings is 2. The molecule has 136 valence electrons. The van der Waals surface area contributed by atoms with E-state index >= 15 is 0 Å². The van der Waals surface area contributed by atoms with E-state index in [4.69, 9.17) is 0 Å². The molecule has 0 atom stereocenters. The van der Waals surface area contributed by atoms with E-state index in [0.29, 0.717) is 37.6 Å². The van der Waals surface area contributed by atoms with Gasteiger partial charge in [-0.25, -0.2) is 4.79 Å². The third kappa shape index (κ3) is 4.24. The normalized spacial score (nSPS) is 14.0. The number of phenols is 1. The van der Waals surface area contributed by atoms with Gasteiger partial charge in [-0.1, -0.05) is 18.2 Å². The van der Waals surface area contributed by atoms with Crippen molar-refractivity contribution < 1.29 is 14.7 Å². The number of aromatic hydroxyl groups is 1. The van der Waals surface area contributed by atoms with E-state index in [-0.39, 0.29) is 17.7 Å². The van der Waals surface area contributed by atoms with Gasteiger partial charge in [0.1, 0.15) is 5.75 Å². The molecule has 1 aliphatic heterocycles. The van der Waals surface area contributed by atoms with Crippen LogP contribution in [-0.2, 0) is 4.79 Å². The highest BCUT2D eigenvalue weighted by Gasteiger charge is 2.22. The summed E-state index contributed by atoms with van der Waals surface area (Å²) in [5.74, 6) is 0.0916. The van der Waals surface area contributed by atoms with Crippen LogP contribution < -0.4 is 15.5 Å². The molecule has 26 heavy (non-hydrogen) atoms. The maximum Gasteiger partial charge on any atom is 0.321 e. The topological polar surface area (TPSA) is 84.9 Å². The number of para-hydroxylation sites is 2. The second-order valence-electron chi connectivity index (χ2n) is 6.15. The molecule has 2 aromatic rings. The van der Waals surface area contributed by atoms with E-state index in [1.807, 2.05) is 12.1 Å². The summed E-state index contributed by atoms with van der Waals surface area (Å²) < 4.78 is 0. The maximum absolute atomic E-state index is 12.5. The van der Waals surface area contributed by atoms with Gasteiger partial charge < -0.3 is 25.5 Å². The van der Waals surface area contributed by atoms with Crippen molar-refractivity contribution in [2.24, 2.45) is 0 Å². The SMILES string of the molecule is CC(=O)Nc1cccc(NC(=O)N2CCN(c3ccccc3O)CC2)c1. The van der Waals surface area contributed by atoms with E-state index in [0.717, 1.165) is 5.69 Å². The molecule has 2 aromatic carbocycles. The average Bonchev–Trinajstić information content (AvgIpc) is 2.62. The lowest BCUT2D eigenvalue weighted by Gasteiger charge is -2.36. The summed E-state index contributed by atoms with van der Waals surface area (Å²) in [6, 6.07) is 14.1. The molecule has 0 unspecified atom stereocenters. The van der Waals surface area contributed by atoms with Gasteiger partial charge in [0, 0.05) is 44.5 Å². The van der Waals surface area contributed by atoms with E-state index in [9.17, 15) is 14.7 Å². The third-order valence-corrected chi connectivity index (χ3v) is 4.22. The van der Waals surface area contributed by atoms with Crippen molar-refractivity contribution in [3.8, 4) is 5.75 Å². The van der Waals surface area contributed by atoms with Gasteiger partial charge in [0.25, 0.3) is 0 Å². The lowest BCUT2D eigenvalue weighted by atomic mass is 10.2. The van der Waals surface area contributed by atoms with Gasteiger partial charge in [0.05, 0.1) is 5.69 Å². The van der Waals surface area contributed by atoms with Crippen LogP contribution in [0.25, 0.3) is 0 Å². The predicted octanol–water partition coefficient (Wildman–Crippen LogP) is 2.70. The van der Waals surface area contributed by atoms with Gasteiger partial charge in [-0.2, -0.15) is 0 Å². The lowest BCUT2D eigenvalue weighted by molar-refractivity contribution is -0.114. The molecule has 3 rings (SSSR count). The number of nitrogens with zero attached hydrogens (tertiary/aromatic N) is 2. The minimum Gasteiger partial charge on any atom is -0.506 e. The maximum atomic E-state index is 12.5. The second kappa shape index (κ2) is 7.77. The Balaban J connectivity index is 1.57. The molecule has 0 aliphatic carbocycles. The first-order valence-electron chi connectivity index (χ1n) is 8.49. The summed E-state index contributed by atoms with van der Waals surface area (Å²) in [5, 5.41) is 15.5. The monoisotopic (exact) mass is 354 g/mol. The van der Waals surface area contributed by atoms with Crippen LogP contribution in [0.3, 0.4) is 0 Å². The molecule has 3 amide bonds. The number of nitrogens with one attached hydrogen (secondary N) is 2. The van der Waals surface area contributed by atoms with Crippen molar-refractivity contribution in [1.29, 1.82) is 0 Å². The number of piperazine rings is 1. The number of carbonyl (C=O) groups excluding carboxylic acids is 2. The van der Waals surface area contributed by atoms with E-state index in [2.05, 4.69) is 15.5 Å². The number of anilines is 3. The number of urea groups is 1. The number of carbonyl (C=O) groups is 2. The zero-order valence-corrected chi connectivity index (χ0v) is 14.6. The van der Waals surface area contributed by atoms with E-state index in [1.54, 1.807) is 41.3 Å². The third-order valence-electron chi connectivity index (χ3n) is 4.22. The first-order valence-corrected chi connectivity index (χ1v) is 8.49. The fourth-order valence-electron chi connectivity index (χ4n) is 2.96. The summed E-state index contributed by atoms with van der Waals surface area (Å²) in [5.41, 5.74) is 2.06. The van der Waals surface area contributed by atoms with Gasteiger partial charge in [0.2, 0.25) is 5.91 Å². The Morgan fingerprint density at radius 1 is 0.923 bits per heavy atom. The van der Waals surface area contributed by atoms with Crippen LogP contribution in [0.1, 0.15) is 6.92 Å². The Kier molecular flexibility index (Phi) is 5.26. The molecule has 7 heteroatoms. The van der Waals surface area contributed by atoms with Crippen molar-refractivity contribution in [3.05, 3.63) is 48.5 Å². The van der Waals surface area contributed by atoms with Crippen LogP contribution in [0.2, 0.25) is 0 Å². The zero-order valence-electron chi connectivity index (χ0n) is 14.6. The first-order chi connectivity index (χ1) is 12.5. The lowest BCUT2D eigenvalue weighted by Crippen LogP contribution is -2.50. The second-order valence-corrected chi connectivity index (χ2v) is 6.15. The molecule has 7 nitrogen and oxygen atoms in total. The molecule has 1 fully saturated rings. The predicted molar refractivity (Wildman–Crippen MR) is 102 cm³/mol. The van der Waals surface area contributed by atoms with Gasteiger partial charge in [-0.3, -0.25) is 4.79 Å². The number of hydrogen-bond donors (Lipinski definition) is 3. The van der Waals surface area contributed by atoms with Gasteiger partial charge in [0.15, 0.2) is 0 Å². The average molecular weight is 354 g/mol. The molecular formula is C19H22N4O3.